The third-order valence-corrected chi connectivity index (χ3v) is 2.89. The average molecular weight is 270 g/mol. The zero-order valence-corrected chi connectivity index (χ0v) is 11.4. The van der Waals surface area contributed by atoms with Gasteiger partial charge in [-0.05, 0) is 36.8 Å². The maximum absolute atomic E-state index is 12.2. The van der Waals surface area contributed by atoms with Crippen LogP contribution in [0.1, 0.15) is 22.8 Å². The highest BCUT2D eigenvalue weighted by Crippen LogP contribution is 2.24. The second-order valence-electron chi connectivity index (χ2n) is 4.28. The fourth-order valence-corrected chi connectivity index (χ4v) is 1.84. The summed E-state index contributed by atoms with van der Waals surface area (Å²) in [5.74, 6) is 0.502. The lowest BCUT2D eigenvalue weighted by Crippen LogP contribution is -2.13. The Bertz CT molecular complexity index is 579. The van der Waals surface area contributed by atoms with E-state index in [-0.39, 0.29) is 5.91 Å². The summed E-state index contributed by atoms with van der Waals surface area (Å²) in [6, 6.07) is 14.6. The molecular weight excluding hydrogens is 252 g/mol. The number of ether oxygens (including phenoxy) is 1. The minimum atomic E-state index is -0.166. The smallest absolute Gasteiger partial charge is 0.255 e. The lowest BCUT2D eigenvalue weighted by molar-refractivity contribution is 0.102. The van der Waals surface area contributed by atoms with Gasteiger partial charge in [0, 0.05) is 12.1 Å². The van der Waals surface area contributed by atoms with Crippen molar-refractivity contribution < 1.29 is 9.53 Å². The Morgan fingerprint density at radius 3 is 2.50 bits per heavy atom. The molecule has 104 valence electrons. The molecule has 0 bridgehead atoms. The zero-order chi connectivity index (χ0) is 14.4. The van der Waals surface area contributed by atoms with Crippen molar-refractivity contribution in [3.05, 3.63) is 59.7 Å². The second kappa shape index (κ2) is 6.73. The molecule has 0 aromatic heterocycles. The molecule has 2 rings (SSSR count). The molecule has 3 N–H and O–H groups in total. The molecular formula is C16H18N2O2. The van der Waals surface area contributed by atoms with E-state index >= 15 is 0 Å². The van der Waals surface area contributed by atoms with E-state index < -0.39 is 0 Å². The molecule has 0 aliphatic carbocycles. The van der Waals surface area contributed by atoms with Crippen LogP contribution in [0.2, 0.25) is 0 Å². The molecule has 4 nitrogen and oxygen atoms in total. The molecule has 4 heteroatoms. The van der Waals surface area contributed by atoms with E-state index in [1.165, 1.54) is 0 Å². The summed E-state index contributed by atoms with van der Waals surface area (Å²) in [7, 11) is 0. The Labute approximate surface area is 118 Å². The Balaban J connectivity index is 2.14. The lowest BCUT2D eigenvalue weighted by atomic mass is 10.1. The normalized spacial score (nSPS) is 10.1. The van der Waals surface area contributed by atoms with Crippen molar-refractivity contribution in [1.82, 2.24) is 0 Å². The number of hydrogen-bond donors (Lipinski definition) is 2. The number of nitrogens with two attached hydrogens (primary N) is 1. The first-order valence-corrected chi connectivity index (χ1v) is 6.56. The van der Waals surface area contributed by atoms with Gasteiger partial charge in [-0.1, -0.05) is 24.3 Å². The van der Waals surface area contributed by atoms with Crippen LogP contribution in [-0.4, -0.2) is 12.5 Å². The highest BCUT2D eigenvalue weighted by molar-refractivity contribution is 6.05. The number of nitrogens with one attached hydrogen (secondary N) is 1. The number of carbonyl (C=O) groups excluding carboxylic acids is 1. The van der Waals surface area contributed by atoms with Gasteiger partial charge in [-0.3, -0.25) is 4.79 Å². The topological polar surface area (TPSA) is 64.3 Å². The van der Waals surface area contributed by atoms with E-state index in [9.17, 15) is 4.79 Å². The number of anilines is 1. The van der Waals surface area contributed by atoms with Crippen LogP contribution >= 0.6 is 0 Å². The Kier molecular flexibility index (Phi) is 4.74. The fourth-order valence-electron chi connectivity index (χ4n) is 1.84. The van der Waals surface area contributed by atoms with Crippen LogP contribution in [0.15, 0.2) is 48.5 Å². The fraction of sp³-hybridized carbons (Fsp3) is 0.188. The summed E-state index contributed by atoms with van der Waals surface area (Å²) in [4.78, 5) is 12.2. The number of carbonyl (C=O) groups is 1. The molecule has 2 aromatic carbocycles. The molecule has 2 aromatic rings. The van der Waals surface area contributed by atoms with E-state index in [1.54, 1.807) is 12.1 Å². The largest absolute Gasteiger partial charge is 0.492 e. The molecule has 0 aliphatic rings. The molecule has 20 heavy (non-hydrogen) atoms. The van der Waals surface area contributed by atoms with Crippen molar-refractivity contribution in [2.45, 2.75) is 13.5 Å². The van der Waals surface area contributed by atoms with Gasteiger partial charge in [0.15, 0.2) is 0 Å². The third kappa shape index (κ3) is 3.36. The summed E-state index contributed by atoms with van der Waals surface area (Å²) in [5, 5.41) is 2.85. The van der Waals surface area contributed by atoms with Gasteiger partial charge in [-0.25, -0.2) is 0 Å². The quantitative estimate of drug-likeness (QED) is 0.878. The van der Waals surface area contributed by atoms with Crippen molar-refractivity contribution >= 4 is 11.6 Å². The summed E-state index contributed by atoms with van der Waals surface area (Å²) < 4.78 is 5.48. The summed E-state index contributed by atoms with van der Waals surface area (Å²) in [5.41, 5.74) is 7.79. The summed E-state index contributed by atoms with van der Waals surface area (Å²) >= 11 is 0. The third-order valence-electron chi connectivity index (χ3n) is 2.89. The first kappa shape index (κ1) is 14.1. The average Bonchev–Trinajstić information content (AvgIpc) is 2.49. The maximum atomic E-state index is 12.2. The molecule has 0 fully saturated rings. The van der Waals surface area contributed by atoms with Crippen LogP contribution in [0.25, 0.3) is 0 Å². The van der Waals surface area contributed by atoms with Gasteiger partial charge in [0.2, 0.25) is 0 Å². The lowest BCUT2D eigenvalue weighted by Gasteiger charge is -2.11. The molecule has 0 saturated carbocycles. The molecule has 0 atom stereocenters. The number of hydrogen-bond acceptors (Lipinski definition) is 3. The van der Waals surface area contributed by atoms with Gasteiger partial charge in [0.25, 0.3) is 5.91 Å². The number of amides is 1. The molecule has 0 saturated heterocycles. The van der Waals surface area contributed by atoms with Crippen LogP contribution in [0, 0.1) is 0 Å². The van der Waals surface area contributed by atoms with Crippen LogP contribution in [0.4, 0.5) is 5.69 Å². The van der Waals surface area contributed by atoms with Crippen molar-refractivity contribution in [2.75, 3.05) is 11.9 Å². The minimum absolute atomic E-state index is 0.166. The van der Waals surface area contributed by atoms with Crippen molar-refractivity contribution in [3.63, 3.8) is 0 Å². The van der Waals surface area contributed by atoms with E-state index in [2.05, 4.69) is 5.32 Å². The van der Waals surface area contributed by atoms with E-state index in [0.29, 0.717) is 30.2 Å². The SMILES string of the molecule is CCOc1ccccc1NC(=O)c1ccc(CN)cc1. The van der Waals surface area contributed by atoms with E-state index in [0.717, 1.165) is 5.56 Å². The number of benzene rings is 2. The molecule has 0 heterocycles. The monoisotopic (exact) mass is 270 g/mol. The molecule has 0 radical (unpaired) electrons. The maximum Gasteiger partial charge on any atom is 0.255 e. The van der Waals surface area contributed by atoms with Crippen molar-refractivity contribution in [2.24, 2.45) is 5.73 Å². The molecule has 1 amide bonds. The first-order chi connectivity index (χ1) is 9.74. The van der Waals surface area contributed by atoms with Gasteiger partial charge >= 0.3 is 0 Å². The van der Waals surface area contributed by atoms with E-state index in [1.807, 2.05) is 43.3 Å². The van der Waals surface area contributed by atoms with E-state index in [4.69, 9.17) is 10.5 Å². The van der Waals surface area contributed by atoms with Gasteiger partial charge in [0.05, 0.1) is 12.3 Å². The van der Waals surface area contributed by atoms with Crippen molar-refractivity contribution in [1.29, 1.82) is 0 Å². The summed E-state index contributed by atoms with van der Waals surface area (Å²) in [6.07, 6.45) is 0. The standard InChI is InChI=1S/C16H18N2O2/c1-2-20-15-6-4-3-5-14(15)18-16(19)13-9-7-12(11-17)8-10-13/h3-10H,2,11,17H2,1H3,(H,18,19). The van der Waals surface area contributed by atoms with Gasteiger partial charge < -0.3 is 15.8 Å². The second-order valence-corrected chi connectivity index (χ2v) is 4.28. The van der Waals surface area contributed by atoms with Crippen LogP contribution in [0.3, 0.4) is 0 Å². The Morgan fingerprint density at radius 1 is 1.15 bits per heavy atom. The molecule has 0 aliphatic heterocycles. The zero-order valence-electron chi connectivity index (χ0n) is 11.4. The van der Waals surface area contributed by atoms with Gasteiger partial charge in [-0.2, -0.15) is 0 Å². The van der Waals surface area contributed by atoms with Gasteiger partial charge in [-0.15, -0.1) is 0 Å². The predicted molar refractivity (Wildman–Crippen MR) is 79.9 cm³/mol. The Morgan fingerprint density at radius 2 is 1.85 bits per heavy atom. The predicted octanol–water partition coefficient (Wildman–Crippen LogP) is 2.80. The highest BCUT2D eigenvalue weighted by Gasteiger charge is 2.09. The minimum Gasteiger partial charge on any atom is -0.492 e. The Hall–Kier alpha value is -2.33. The summed E-state index contributed by atoms with van der Waals surface area (Å²) in [6.45, 7) is 2.93. The highest BCUT2D eigenvalue weighted by atomic mass is 16.5. The number of rotatable bonds is 5. The van der Waals surface area contributed by atoms with Crippen LogP contribution in [0.5, 0.6) is 5.75 Å². The molecule has 0 unspecified atom stereocenters. The van der Waals surface area contributed by atoms with Crippen LogP contribution < -0.4 is 15.8 Å². The van der Waals surface area contributed by atoms with Gasteiger partial charge in [0.1, 0.15) is 5.75 Å². The van der Waals surface area contributed by atoms with Crippen LogP contribution in [-0.2, 0) is 6.54 Å². The molecule has 0 spiro atoms. The first-order valence-electron chi connectivity index (χ1n) is 6.56. The number of para-hydroxylation sites is 2. The van der Waals surface area contributed by atoms with Crippen molar-refractivity contribution in [3.8, 4) is 5.75 Å².